The van der Waals surface area contributed by atoms with Gasteiger partial charge in [-0.3, -0.25) is 0 Å². The third kappa shape index (κ3) is 2.38. The van der Waals surface area contributed by atoms with Gasteiger partial charge in [0.2, 0.25) is 0 Å². The second kappa shape index (κ2) is 5.40. The van der Waals surface area contributed by atoms with Crippen LogP contribution in [-0.2, 0) is 6.54 Å². The molecule has 0 fully saturated rings. The second-order valence-corrected chi connectivity index (χ2v) is 5.25. The molecule has 0 unspecified atom stereocenters. The Balaban J connectivity index is 2.22. The van der Waals surface area contributed by atoms with E-state index in [1.54, 1.807) is 12.3 Å². The summed E-state index contributed by atoms with van der Waals surface area (Å²) in [5, 5.41) is 1.26. The van der Waals surface area contributed by atoms with Gasteiger partial charge in [-0.05, 0) is 30.3 Å². The molecule has 0 saturated heterocycles. The molecule has 0 spiro atoms. The lowest BCUT2D eigenvalue weighted by Crippen LogP contribution is -2.11. The minimum Gasteiger partial charge on any atom is -0.329 e. The average Bonchev–Trinajstić information content (AvgIpc) is 2.78. The van der Waals surface area contributed by atoms with E-state index in [1.807, 2.05) is 28.8 Å². The molecule has 0 atom stereocenters. The van der Waals surface area contributed by atoms with E-state index in [4.69, 9.17) is 28.9 Å². The smallest absolute Gasteiger partial charge is 0.160 e. The molecule has 20 heavy (non-hydrogen) atoms. The van der Waals surface area contributed by atoms with E-state index in [1.165, 1.54) is 0 Å². The Bertz CT molecular complexity index is 750. The summed E-state index contributed by atoms with van der Waals surface area (Å²) in [5.41, 5.74) is 8.20. The lowest BCUT2D eigenvalue weighted by atomic mass is 10.2. The fourth-order valence-electron chi connectivity index (χ4n) is 2.15. The first kappa shape index (κ1) is 13.4. The Labute approximate surface area is 126 Å². The normalized spacial score (nSPS) is 11.2. The predicted octanol–water partition coefficient (Wildman–Crippen LogP) is 3.36. The van der Waals surface area contributed by atoms with Crippen LogP contribution in [-0.4, -0.2) is 21.1 Å². The first-order chi connectivity index (χ1) is 9.69. The number of hydrogen-bond donors (Lipinski definition) is 1. The van der Waals surface area contributed by atoms with Crippen LogP contribution in [0.3, 0.4) is 0 Å². The van der Waals surface area contributed by atoms with Gasteiger partial charge >= 0.3 is 0 Å². The molecule has 2 N–H and O–H groups in total. The Morgan fingerprint density at radius 3 is 2.55 bits per heavy atom. The van der Waals surface area contributed by atoms with Crippen molar-refractivity contribution in [2.45, 2.75) is 6.54 Å². The monoisotopic (exact) mass is 306 g/mol. The molecule has 2 aromatic heterocycles. The first-order valence-electron chi connectivity index (χ1n) is 6.17. The number of aromatic nitrogens is 3. The molecule has 0 aliphatic heterocycles. The molecule has 0 radical (unpaired) electrons. The standard InChI is InChI=1S/C14H12Cl2N4/c15-10-3-1-9(2-4-10)13-19-12-7-11(16)8-18-14(12)20(13)6-5-17/h1-4,7-8H,5-6,17H2. The molecule has 0 aliphatic rings. The van der Waals surface area contributed by atoms with Gasteiger partial charge in [0, 0.05) is 29.9 Å². The van der Waals surface area contributed by atoms with Crippen molar-refractivity contribution >= 4 is 34.4 Å². The average molecular weight is 307 g/mol. The van der Waals surface area contributed by atoms with Crippen molar-refractivity contribution in [3.63, 3.8) is 0 Å². The van der Waals surface area contributed by atoms with Gasteiger partial charge in [-0.1, -0.05) is 23.2 Å². The number of halogens is 2. The van der Waals surface area contributed by atoms with E-state index in [-0.39, 0.29) is 0 Å². The summed E-state index contributed by atoms with van der Waals surface area (Å²) in [4.78, 5) is 8.96. The molecule has 0 saturated carbocycles. The predicted molar refractivity (Wildman–Crippen MR) is 82.0 cm³/mol. The van der Waals surface area contributed by atoms with Crippen molar-refractivity contribution < 1.29 is 0 Å². The minimum absolute atomic E-state index is 0.510. The summed E-state index contributed by atoms with van der Waals surface area (Å²) in [6, 6.07) is 9.33. The van der Waals surface area contributed by atoms with Gasteiger partial charge in [-0.25, -0.2) is 9.97 Å². The Kier molecular flexibility index (Phi) is 3.61. The molecular formula is C14H12Cl2N4. The molecule has 0 amide bonds. The molecule has 0 bridgehead atoms. The van der Waals surface area contributed by atoms with Gasteiger partial charge in [-0.2, -0.15) is 0 Å². The highest BCUT2D eigenvalue weighted by Gasteiger charge is 2.13. The van der Waals surface area contributed by atoms with Crippen LogP contribution in [0.15, 0.2) is 36.5 Å². The number of pyridine rings is 1. The first-order valence-corrected chi connectivity index (χ1v) is 6.92. The van der Waals surface area contributed by atoms with Crippen molar-refractivity contribution in [3.05, 3.63) is 46.6 Å². The maximum absolute atomic E-state index is 5.97. The quantitative estimate of drug-likeness (QED) is 0.807. The zero-order valence-electron chi connectivity index (χ0n) is 10.6. The fraction of sp³-hybridized carbons (Fsp3) is 0.143. The molecule has 0 aliphatic carbocycles. The number of nitrogens with two attached hydrogens (primary N) is 1. The van der Waals surface area contributed by atoms with E-state index >= 15 is 0 Å². The highest BCUT2D eigenvalue weighted by Crippen LogP contribution is 2.26. The molecule has 102 valence electrons. The molecule has 4 nitrogen and oxygen atoms in total. The largest absolute Gasteiger partial charge is 0.329 e. The zero-order valence-corrected chi connectivity index (χ0v) is 12.1. The van der Waals surface area contributed by atoms with E-state index in [0.717, 1.165) is 22.6 Å². The SMILES string of the molecule is NCCn1c(-c2ccc(Cl)cc2)nc2cc(Cl)cnc21. The zero-order chi connectivity index (χ0) is 14.1. The topological polar surface area (TPSA) is 56.7 Å². The van der Waals surface area contributed by atoms with Crippen molar-refractivity contribution in [3.8, 4) is 11.4 Å². The number of benzene rings is 1. The van der Waals surface area contributed by atoms with Crippen molar-refractivity contribution in [2.24, 2.45) is 5.73 Å². The van der Waals surface area contributed by atoms with Crippen LogP contribution in [0.4, 0.5) is 0 Å². The Morgan fingerprint density at radius 1 is 1.10 bits per heavy atom. The molecule has 1 aromatic carbocycles. The summed E-state index contributed by atoms with van der Waals surface area (Å²) >= 11 is 11.9. The van der Waals surface area contributed by atoms with Crippen LogP contribution in [0.25, 0.3) is 22.6 Å². The number of hydrogen-bond acceptors (Lipinski definition) is 3. The fourth-order valence-corrected chi connectivity index (χ4v) is 2.42. The maximum Gasteiger partial charge on any atom is 0.160 e. The van der Waals surface area contributed by atoms with Gasteiger partial charge in [0.25, 0.3) is 0 Å². The summed E-state index contributed by atoms with van der Waals surface area (Å²) in [6.07, 6.45) is 1.62. The summed E-state index contributed by atoms with van der Waals surface area (Å²) in [5.74, 6) is 0.817. The van der Waals surface area contributed by atoms with Crippen LogP contribution < -0.4 is 5.73 Å². The van der Waals surface area contributed by atoms with Gasteiger partial charge in [-0.15, -0.1) is 0 Å². The van der Waals surface area contributed by atoms with Crippen molar-refractivity contribution in [2.75, 3.05) is 6.54 Å². The summed E-state index contributed by atoms with van der Waals surface area (Å²) in [7, 11) is 0. The molecular weight excluding hydrogens is 295 g/mol. The maximum atomic E-state index is 5.97. The summed E-state index contributed by atoms with van der Waals surface area (Å²) < 4.78 is 1.99. The van der Waals surface area contributed by atoms with Crippen LogP contribution in [0.5, 0.6) is 0 Å². The van der Waals surface area contributed by atoms with Crippen LogP contribution >= 0.6 is 23.2 Å². The third-order valence-electron chi connectivity index (χ3n) is 3.01. The number of nitrogens with zero attached hydrogens (tertiary/aromatic N) is 3. The van der Waals surface area contributed by atoms with E-state index < -0.39 is 0 Å². The highest BCUT2D eigenvalue weighted by molar-refractivity contribution is 6.31. The number of rotatable bonds is 3. The lowest BCUT2D eigenvalue weighted by molar-refractivity contribution is 0.729. The van der Waals surface area contributed by atoms with Crippen LogP contribution in [0.2, 0.25) is 10.0 Å². The molecule has 2 heterocycles. The lowest BCUT2D eigenvalue weighted by Gasteiger charge is -2.07. The number of fused-ring (bicyclic) bond motifs is 1. The second-order valence-electron chi connectivity index (χ2n) is 4.38. The molecule has 6 heteroatoms. The van der Waals surface area contributed by atoms with Gasteiger partial charge in [0.1, 0.15) is 11.3 Å². The Hall–Kier alpha value is -1.62. The molecule has 3 aromatic rings. The van der Waals surface area contributed by atoms with Crippen molar-refractivity contribution in [1.82, 2.24) is 14.5 Å². The van der Waals surface area contributed by atoms with Gasteiger partial charge in [0.15, 0.2) is 5.65 Å². The summed E-state index contributed by atoms with van der Waals surface area (Å²) in [6.45, 7) is 1.15. The van der Waals surface area contributed by atoms with Gasteiger partial charge in [0.05, 0.1) is 5.02 Å². The number of imidazole rings is 1. The van der Waals surface area contributed by atoms with E-state index in [0.29, 0.717) is 23.1 Å². The van der Waals surface area contributed by atoms with E-state index in [2.05, 4.69) is 9.97 Å². The van der Waals surface area contributed by atoms with Crippen LogP contribution in [0, 0.1) is 0 Å². The van der Waals surface area contributed by atoms with Gasteiger partial charge < -0.3 is 10.3 Å². The Morgan fingerprint density at radius 2 is 1.85 bits per heavy atom. The minimum atomic E-state index is 0.510. The third-order valence-corrected chi connectivity index (χ3v) is 3.47. The van der Waals surface area contributed by atoms with Crippen molar-refractivity contribution in [1.29, 1.82) is 0 Å². The van der Waals surface area contributed by atoms with E-state index in [9.17, 15) is 0 Å². The highest BCUT2D eigenvalue weighted by atomic mass is 35.5. The molecule has 3 rings (SSSR count). The van der Waals surface area contributed by atoms with Crippen LogP contribution in [0.1, 0.15) is 0 Å².